The van der Waals surface area contributed by atoms with Crippen molar-refractivity contribution < 1.29 is 4.74 Å². The van der Waals surface area contributed by atoms with Crippen molar-refractivity contribution in [2.75, 3.05) is 18.5 Å². The summed E-state index contributed by atoms with van der Waals surface area (Å²) in [6.45, 7) is 9.89. The van der Waals surface area contributed by atoms with Crippen molar-refractivity contribution in [2.45, 2.75) is 40.5 Å². The minimum atomic E-state index is 0.567. The normalized spacial score (nSPS) is 12.2. The van der Waals surface area contributed by atoms with Crippen molar-refractivity contribution in [3.8, 4) is 5.88 Å². The van der Waals surface area contributed by atoms with Gasteiger partial charge in [0.15, 0.2) is 0 Å². The molecule has 1 rings (SSSR count). The lowest BCUT2D eigenvalue weighted by molar-refractivity contribution is 0.243. The summed E-state index contributed by atoms with van der Waals surface area (Å²) in [6, 6.07) is 1.87. The van der Waals surface area contributed by atoms with Gasteiger partial charge in [0.25, 0.3) is 0 Å². The van der Waals surface area contributed by atoms with E-state index in [0.717, 1.165) is 18.8 Å². The number of aryl methyl sites for hydroxylation is 1. The minimum absolute atomic E-state index is 0.567. The van der Waals surface area contributed by atoms with Gasteiger partial charge < -0.3 is 10.1 Å². The molecule has 0 aromatic carbocycles. The molecule has 1 atom stereocenters. The molecule has 1 unspecified atom stereocenters. The van der Waals surface area contributed by atoms with E-state index in [4.69, 9.17) is 4.74 Å². The van der Waals surface area contributed by atoms with Crippen molar-refractivity contribution in [1.29, 1.82) is 0 Å². The highest BCUT2D eigenvalue weighted by atomic mass is 16.5. The third-order valence-corrected chi connectivity index (χ3v) is 2.46. The third kappa shape index (κ3) is 5.02. The van der Waals surface area contributed by atoms with Crippen molar-refractivity contribution in [2.24, 2.45) is 5.92 Å². The molecule has 0 aliphatic rings. The summed E-state index contributed by atoms with van der Waals surface area (Å²) in [5, 5.41) is 3.10. The third-order valence-electron chi connectivity index (χ3n) is 2.46. The molecule has 0 saturated heterocycles. The minimum Gasteiger partial charge on any atom is -0.477 e. The van der Waals surface area contributed by atoms with E-state index in [1.54, 1.807) is 0 Å². The van der Waals surface area contributed by atoms with Crippen molar-refractivity contribution in [3.63, 3.8) is 0 Å². The lowest BCUT2D eigenvalue weighted by atomic mass is 10.1. The van der Waals surface area contributed by atoms with Crippen molar-refractivity contribution in [3.05, 3.63) is 11.8 Å². The first-order chi connectivity index (χ1) is 8.15. The van der Waals surface area contributed by atoms with E-state index in [9.17, 15) is 0 Å². The predicted molar refractivity (Wildman–Crippen MR) is 70.5 cm³/mol. The summed E-state index contributed by atoms with van der Waals surface area (Å²) in [7, 11) is 0. The van der Waals surface area contributed by atoms with Crippen LogP contribution in [0, 0.1) is 12.8 Å². The van der Waals surface area contributed by atoms with Crippen LogP contribution in [0.4, 0.5) is 5.95 Å². The van der Waals surface area contributed by atoms with Crippen LogP contribution in [-0.2, 0) is 0 Å². The van der Waals surface area contributed by atoms with Crippen molar-refractivity contribution >= 4 is 5.95 Å². The van der Waals surface area contributed by atoms with E-state index in [1.165, 1.54) is 12.8 Å². The quantitative estimate of drug-likeness (QED) is 0.792. The summed E-state index contributed by atoms with van der Waals surface area (Å²) in [5.74, 6) is 1.87. The van der Waals surface area contributed by atoms with Crippen LogP contribution in [0.15, 0.2) is 6.07 Å². The van der Waals surface area contributed by atoms with E-state index in [-0.39, 0.29) is 0 Å². The molecule has 0 amide bonds. The summed E-state index contributed by atoms with van der Waals surface area (Å²) in [5.41, 5.74) is 0.925. The monoisotopic (exact) mass is 237 g/mol. The van der Waals surface area contributed by atoms with Crippen LogP contribution in [0.2, 0.25) is 0 Å². The highest BCUT2D eigenvalue weighted by molar-refractivity contribution is 5.30. The number of rotatable bonds is 7. The molecule has 0 aliphatic carbocycles. The van der Waals surface area contributed by atoms with Gasteiger partial charge in [-0.25, -0.2) is 4.98 Å². The second-order valence-electron chi connectivity index (χ2n) is 4.41. The Labute approximate surface area is 104 Å². The number of nitrogens with one attached hydrogen (secondary N) is 1. The Morgan fingerprint density at radius 3 is 2.76 bits per heavy atom. The van der Waals surface area contributed by atoms with Crippen LogP contribution < -0.4 is 10.1 Å². The zero-order chi connectivity index (χ0) is 12.7. The van der Waals surface area contributed by atoms with E-state index in [1.807, 2.05) is 19.9 Å². The summed E-state index contributed by atoms with van der Waals surface area (Å²) >= 11 is 0. The zero-order valence-corrected chi connectivity index (χ0v) is 11.3. The van der Waals surface area contributed by atoms with Crippen LogP contribution in [0.25, 0.3) is 0 Å². The Morgan fingerprint density at radius 1 is 1.35 bits per heavy atom. The molecule has 1 N–H and O–H groups in total. The van der Waals surface area contributed by atoms with Gasteiger partial charge in [-0.15, -0.1) is 0 Å². The first-order valence-electron chi connectivity index (χ1n) is 6.38. The maximum atomic E-state index is 5.70. The topological polar surface area (TPSA) is 47.0 Å². The fraction of sp³-hybridized carbons (Fsp3) is 0.692. The number of anilines is 1. The molecule has 0 aliphatic heterocycles. The molecule has 0 radical (unpaired) electrons. The van der Waals surface area contributed by atoms with Gasteiger partial charge >= 0.3 is 0 Å². The molecule has 1 heterocycles. The van der Waals surface area contributed by atoms with E-state index in [0.29, 0.717) is 17.7 Å². The van der Waals surface area contributed by atoms with Crippen LogP contribution in [0.1, 0.15) is 39.3 Å². The molecular formula is C13H23N3O. The van der Waals surface area contributed by atoms with Crippen LogP contribution in [-0.4, -0.2) is 23.1 Å². The van der Waals surface area contributed by atoms with Crippen LogP contribution >= 0.6 is 0 Å². The molecule has 96 valence electrons. The predicted octanol–water partition coefficient (Wildman–Crippen LogP) is 3.03. The number of nitrogens with zero attached hydrogens (tertiary/aromatic N) is 2. The van der Waals surface area contributed by atoms with Gasteiger partial charge in [0.05, 0.1) is 6.61 Å². The Kier molecular flexibility index (Phi) is 5.73. The number of hydrogen-bond acceptors (Lipinski definition) is 4. The van der Waals surface area contributed by atoms with Gasteiger partial charge in [0.2, 0.25) is 11.8 Å². The second kappa shape index (κ2) is 7.09. The Morgan fingerprint density at radius 2 is 2.12 bits per heavy atom. The molecule has 0 fully saturated rings. The first-order valence-corrected chi connectivity index (χ1v) is 6.38. The Hall–Kier alpha value is -1.32. The fourth-order valence-electron chi connectivity index (χ4n) is 1.65. The number of ether oxygens (including phenoxy) is 1. The molecule has 17 heavy (non-hydrogen) atoms. The Bertz CT molecular complexity index is 341. The van der Waals surface area contributed by atoms with Crippen molar-refractivity contribution in [1.82, 2.24) is 9.97 Å². The first kappa shape index (κ1) is 13.7. The lowest BCUT2D eigenvalue weighted by Crippen LogP contribution is -2.11. The summed E-state index contributed by atoms with van der Waals surface area (Å²) < 4.78 is 5.70. The average Bonchev–Trinajstić information content (AvgIpc) is 2.26. The van der Waals surface area contributed by atoms with E-state index in [2.05, 4.69) is 29.1 Å². The van der Waals surface area contributed by atoms with Gasteiger partial charge in [-0.3, -0.25) is 0 Å². The summed E-state index contributed by atoms with van der Waals surface area (Å²) in [4.78, 5) is 8.60. The Balaban J connectivity index is 2.57. The molecule has 0 bridgehead atoms. The standard InChI is InChI=1S/C13H23N3O/c1-5-7-10(3)9-17-12-8-11(4)15-13(16-12)14-6-2/h8,10H,5-7,9H2,1-4H3,(H,14,15,16). The number of aromatic nitrogens is 2. The average molecular weight is 237 g/mol. The summed E-state index contributed by atoms with van der Waals surface area (Å²) in [6.07, 6.45) is 2.38. The molecule has 0 spiro atoms. The van der Waals surface area contributed by atoms with Crippen LogP contribution in [0.3, 0.4) is 0 Å². The maximum absolute atomic E-state index is 5.70. The van der Waals surface area contributed by atoms with E-state index >= 15 is 0 Å². The number of hydrogen-bond donors (Lipinski definition) is 1. The highest BCUT2D eigenvalue weighted by Crippen LogP contribution is 2.14. The fourth-order valence-corrected chi connectivity index (χ4v) is 1.65. The molecular weight excluding hydrogens is 214 g/mol. The second-order valence-corrected chi connectivity index (χ2v) is 4.41. The molecule has 1 aromatic rings. The highest BCUT2D eigenvalue weighted by Gasteiger charge is 2.05. The van der Waals surface area contributed by atoms with Gasteiger partial charge in [0, 0.05) is 18.3 Å². The SMILES string of the molecule is CCCC(C)COc1cc(C)nc(NCC)n1. The molecule has 4 nitrogen and oxygen atoms in total. The lowest BCUT2D eigenvalue weighted by Gasteiger charge is -2.12. The van der Waals surface area contributed by atoms with Crippen LogP contribution in [0.5, 0.6) is 5.88 Å². The molecule has 4 heteroatoms. The molecule has 0 saturated carbocycles. The maximum Gasteiger partial charge on any atom is 0.226 e. The van der Waals surface area contributed by atoms with Gasteiger partial charge in [0.1, 0.15) is 0 Å². The zero-order valence-electron chi connectivity index (χ0n) is 11.3. The van der Waals surface area contributed by atoms with Gasteiger partial charge in [-0.05, 0) is 26.2 Å². The molecule has 1 aromatic heterocycles. The van der Waals surface area contributed by atoms with Gasteiger partial charge in [-0.1, -0.05) is 20.3 Å². The smallest absolute Gasteiger partial charge is 0.226 e. The largest absolute Gasteiger partial charge is 0.477 e. The van der Waals surface area contributed by atoms with Gasteiger partial charge in [-0.2, -0.15) is 4.98 Å². The van der Waals surface area contributed by atoms with E-state index < -0.39 is 0 Å².